The number of hydrogen-bond acceptors (Lipinski definition) is 5. The first kappa shape index (κ1) is 26.1. The molecule has 2 aromatic carbocycles. The molecule has 1 aromatic heterocycles. The van der Waals surface area contributed by atoms with Crippen molar-refractivity contribution in [2.24, 2.45) is 0 Å². The highest BCUT2D eigenvalue weighted by Gasteiger charge is 2.46. The van der Waals surface area contributed by atoms with E-state index in [1.165, 1.54) is 16.7 Å². The second-order valence-electron chi connectivity index (χ2n) is 9.60. The van der Waals surface area contributed by atoms with E-state index in [0.29, 0.717) is 33.7 Å². The lowest BCUT2D eigenvalue weighted by molar-refractivity contribution is -0.384. The van der Waals surface area contributed by atoms with Crippen LogP contribution in [0.2, 0.25) is 21.6 Å². The van der Waals surface area contributed by atoms with Crippen molar-refractivity contribution >= 4 is 36.5 Å². The third-order valence-electron chi connectivity index (χ3n) is 6.62. The summed E-state index contributed by atoms with van der Waals surface area (Å²) < 4.78 is 8.34. The van der Waals surface area contributed by atoms with Crippen LogP contribution in [0.1, 0.15) is 60.4 Å². The third kappa shape index (κ3) is 4.54. The second-order valence-corrected chi connectivity index (χ2v) is 15.4. The Balaban J connectivity index is 2.32. The van der Waals surface area contributed by atoms with Crippen LogP contribution in [0.5, 0.6) is 0 Å². The minimum absolute atomic E-state index is 0.113. The molecule has 3 aromatic rings. The molecule has 3 rings (SSSR count). The Morgan fingerprint density at radius 3 is 2.15 bits per heavy atom. The zero-order chi connectivity index (χ0) is 25.4. The quantitative estimate of drug-likeness (QED) is 0.185. The van der Waals surface area contributed by atoms with Crippen LogP contribution in [0, 0.1) is 10.1 Å². The lowest BCUT2D eigenvalue weighted by atomic mass is 10.2. The highest BCUT2D eigenvalue weighted by molar-refractivity contribution is 6.77. The average molecular weight is 502 g/mol. The van der Waals surface area contributed by atoms with E-state index in [2.05, 4.69) is 41.5 Å². The number of fused-ring (bicyclic) bond motifs is 1. The Hall–Kier alpha value is -2.55. The van der Waals surface area contributed by atoms with Crippen molar-refractivity contribution in [3.8, 4) is 5.69 Å². The van der Waals surface area contributed by atoms with Gasteiger partial charge in [-0.25, -0.2) is 4.98 Å². The minimum atomic E-state index is -2.31. The summed E-state index contributed by atoms with van der Waals surface area (Å²) in [7, 11) is -2.31. The van der Waals surface area contributed by atoms with E-state index in [-0.39, 0.29) is 21.7 Å². The fourth-order valence-corrected chi connectivity index (χ4v) is 11.0. The molecule has 0 saturated carbocycles. The summed E-state index contributed by atoms with van der Waals surface area (Å²) in [5.74, 6) is 0.402. The summed E-state index contributed by atoms with van der Waals surface area (Å²) in [6.07, 6.45) is -0.519. The van der Waals surface area contributed by atoms with E-state index < -0.39 is 19.3 Å². The number of benzene rings is 2. The Bertz CT molecular complexity index is 1250. The first-order valence-electron chi connectivity index (χ1n) is 11.6. The van der Waals surface area contributed by atoms with Crippen LogP contribution in [-0.2, 0) is 4.43 Å². The van der Waals surface area contributed by atoms with Gasteiger partial charge >= 0.3 is 0 Å². The van der Waals surface area contributed by atoms with Gasteiger partial charge in [0.2, 0.25) is 8.32 Å². The van der Waals surface area contributed by atoms with Crippen LogP contribution >= 0.6 is 11.6 Å². The van der Waals surface area contributed by atoms with Crippen molar-refractivity contribution in [2.45, 2.75) is 71.2 Å². The number of non-ortho nitro benzene ring substituents is 1. The van der Waals surface area contributed by atoms with Gasteiger partial charge in [-0.1, -0.05) is 65.3 Å². The molecule has 1 heterocycles. The summed E-state index contributed by atoms with van der Waals surface area (Å²) in [5, 5.41) is 12.0. The molecule has 0 aliphatic rings. The van der Waals surface area contributed by atoms with Gasteiger partial charge in [0.05, 0.1) is 26.5 Å². The zero-order valence-corrected chi connectivity index (χ0v) is 22.5. The molecule has 0 N–H and O–H groups in total. The molecule has 0 bridgehead atoms. The predicted molar refractivity (Wildman–Crippen MR) is 140 cm³/mol. The van der Waals surface area contributed by atoms with Gasteiger partial charge < -0.3 is 4.43 Å². The maximum Gasteiger partial charge on any atom is 0.271 e. The molecule has 7 nitrogen and oxygen atoms in total. The number of nitro groups is 1. The average Bonchev–Trinajstić information content (AvgIpc) is 2.76. The molecule has 1 atom stereocenters. The van der Waals surface area contributed by atoms with Crippen molar-refractivity contribution < 1.29 is 9.35 Å². The fraction of sp³-hybridized carbons (Fsp3) is 0.440. The minimum Gasteiger partial charge on any atom is -0.406 e. The molecular formula is C25H32ClN3O4Si. The Kier molecular flexibility index (Phi) is 7.64. The zero-order valence-electron chi connectivity index (χ0n) is 20.7. The smallest absolute Gasteiger partial charge is 0.271 e. The molecular weight excluding hydrogens is 470 g/mol. The van der Waals surface area contributed by atoms with Crippen LogP contribution in [0.25, 0.3) is 16.6 Å². The van der Waals surface area contributed by atoms with Gasteiger partial charge in [0.25, 0.3) is 11.2 Å². The van der Waals surface area contributed by atoms with Crippen molar-refractivity contribution in [3.05, 3.63) is 73.8 Å². The van der Waals surface area contributed by atoms with Crippen LogP contribution in [0.3, 0.4) is 0 Å². The topological polar surface area (TPSA) is 87.3 Å². The number of nitrogens with zero attached hydrogens (tertiary/aromatic N) is 3. The molecule has 182 valence electrons. The number of rotatable bonds is 8. The lowest BCUT2D eigenvalue weighted by Gasteiger charge is -2.44. The van der Waals surface area contributed by atoms with Crippen molar-refractivity contribution in [1.29, 1.82) is 0 Å². The summed E-state index contributed by atoms with van der Waals surface area (Å²) in [4.78, 5) is 29.5. The molecule has 0 aliphatic heterocycles. The van der Waals surface area contributed by atoms with Gasteiger partial charge in [-0.2, -0.15) is 0 Å². The van der Waals surface area contributed by atoms with E-state index in [4.69, 9.17) is 21.0 Å². The second kappa shape index (κ2) is 9.97. The van der Waals surface area contributed by atoms with Gasteiger partial charge in [0.1, 0.15) is 11.9 Å². The predicted octanol–water partition coefficient (Wildman–Crippen LogP) is 7.20. The van der Waals surface area contributed by atoms with Crippen LogP contribution in [-0.4, -0.2) is 22.8 Å². The van der Waals surface area contributed by atoms with Gasteiger partial charge in [-0.05, 0) is 41.7 Å². The SMILES string of the molecule is CC(O[Si](C(C)C)(C(C)C)C(C)C)c1nc2cccc(Cl)c2c(=O)n1-c1cccc([N+](=O)[O-])c1. The van der Waals surface area contributed by atoms with Crippen molar-refractivity contribution in [1.82, 2.24) is 9.55 Å². The van der Waals surface area contributed by atoms with Crippen LogP contribution in [0.15, 0.2) is 47.3 Å². The Labute approximate surface area is 206 Å². The Morgan fingerprint density at radius 1 is 1.00 bits per heavy atom. The number of hydrogen-bond donors (Lipinski definition) is 0. The summed E-state index contributed by atoms with van der Waals surface area (Å²) >= 11 is 6.38. The van der Waals surface area contributed by atoms with E-state index in [1.54, 1.807) is 30.3 Å². The first-order valence-corrected chi connectivity index (χ1v) is 14.1. The van der Waals surface area contributed by atoms with E-state index in [0.717, 1.165) is 0 Å². The fourth-order valence-electron chi connectivity index (χ4n) is 5.24. The molecule has 0 spiro atoms. The first-order chi connectivity index (χ1) is 15.9. The normalized spacial score (nSPS) is 13.3. The summed E-state index contributed by atoms with van der Waals surface area (Å²) in [6.45, 7) is 15.1. The van der Waals surface area contributed by atoms with Crippen molar-refractivity contribution in [3.63, 3.8) is 0 Å². The number of halogens is 1. The maximum absolute atomic E-state index is 13.7. The number of aromatic nitrogens is 2. The maximum atomic E-state index is 13.7. The van der Waals surface area contributed by atoms with Crippen molar-refractivity contribution in [2.75, 3.05) is 0 Å². The van der Waals surface area contributed by atoms with E-state index >= 15 is 0 Å². The molecule has 0 aliphatic carbocycles. The molecule has 1 unspecified atom stereocenters. The molecule has 0 radical (unpaired) electrons. The summed E-state index contributed by atoms with van der Waals surface area (Å²) in [5.41, 5.74) is 1.33. The standard InChI is InChI=1S/C25H32ClN3O4Si/c1-15(2)34(16(3)4,17(5)6)33-18(7)24-27-22-13-9-12-21(26)23(22)25(30)28(24)19-10-8-11-20(14-19)29(31)32/h8-18H,1-7H3. The van der Waals surface area contributed by atoms with Crippen LogP contribution < -0.4 is 5.56 Å². The van der Waals surface area contributed by atoms with Gasteiger partial charge in [-0.3, -0.25) is 19.5 Å². The molecule has 9 heteroatoms. The molecule has 0 fully saturated rings. The van der Waals surface area contributed by atoms with E-state index in [9.17, 15) is 14.9 Å². The van der Waals surface area contributed by atoms with Gasteiger partial charge in [0, 0.05) is 12.1 Å². The number of nitro benzene ring substituents is 1. The summed E-state index contributed by atoms with van der Waals surface area (Å²) in [6, 6.07) is 11.1. The highest BCUT2D eigenvalue weighted by Crippen LogP contribution is 2.45. The Morgan fingerprint density at radius 2 is 1.59 bits per heavy atom. The third-order valence-corrected chi connectivity index (χ3v) is 13.1. The van der Waals surface area contributed by atoms with E-state index in [1.807, 2.05) is 6.92 Å². The van der Waals surface area contributed by atoms with Crippen LogP contribution in [0.4, 0.5) is 5.69 Å². The monoisotopic (exact) mass is 501 g/mol. The molecule has 0 amide bonds. The molecule has 34 heavy (non-hydrogen) atoms. The largest absolute Gasteiger partial charge is 0.406 e. The lowest BCUT2D eigenvalue weighted by Crippen LogP contribution is -2.48. The van der Waals surface area contributed by atoms with Gasteiger partial charge in [0.15, 0.2) is 0 Å². The molecule has 0 saturated heterocycles. The van der Waals surface area contributed by atoms with Gasteiger partial charge in [-0.15, -0.1) is 0 Å². The highest BCUT2D eigenvalue weighted by atomic mass is 35.5.